The van der Waals surface area contributed by atoms with Gasteiger partial charge in [-0.15, -0.1) is 0 Å². The van der Waals surface area contributed by atoms with Gasteiger partial charge in [-0.05, 0) is 12.1 Å². The molecule has 0 saturated carbocycles. The first kappa shape index (κ1) is 14.5. The van der Waals surface area contributed by atoms with Gasteiger partial charge >= 0.3 is 5.97 Å². The summed E-state index contributed by atoms with van der Waals surface area (Å²) in [6.07, 6.45) is -0.194. The highest BCUT2D eigenvalue weighted by atomic mass is 16.7. The van der Waals surface area contributed by atoms with E-state index in [1.54, 1.807) is 4.90 Å². The van der Waals surface area contributed by atoms with Crippen LogP contribution >= 0.6 is 0 Å². The Bertz CT molecular complexity index is 581. The fraction of sp³-hybridized carbons (Fsp3) is 0.467. The third-order valence-electron chi connectivity index (χ3n) is 3.88. The molecule has 7 nitrogen and oxygen atoms in total. The molecule has 2 heterocycles. The van der Waals surface area contributed by atoms with Gasteiger partial charge in [0.05, 0.1) is 7.11 Å². The van der Waals surface area contributed by atoms with Crippen molar-refractivity contribution in [3.8, 4) is 11.5 Å². The molecule has 0 spiro atoms. The molecule has 3 rings (SSSR count). The maximum absolute atomic E-state index is 11.9. The topological polar surface area (TPSA) is 68.3 Å². The van der Waals surface area contributed by atoms with E-state index in [0.717, 1.165) is 17.2 Å². The van der Waals surface area contributed by atoms with Crippen LogP contribution in [-0.2, 0) is 14.3 Å². The number of benzene rings is 1. The van der Waals surface area contributed by atoms with Gasteiger partial charge in [0.2, 0.25) is 12.7 Å². The Kier molecular flexibility index (Phi) is 4.04. The van der Waals surface area contributed by atoms with Crippen molar-refractivity contribution in [2.75, 3.05) is 45.0 Å². The summed E-state index contributed by atoms with van der Waals surface area (Å²) in [5.74, 6) is 0.831. The highest BCUT2D eigenvalue weighted by Crippen LogP contribution is 2.35. The molecule has 0 bridgehead atoms. The van der Waals surface area contributed by atoms with Gasteiger partial charge in [-0.25, -0.2) is 0 Å². The first-order valence-electron chi connectivity index (χ1n) is 7.16. The molecule has 7 heteroatoms. The molecule has 0 aromatic heterocycles. The minimum atomic E-state index is -0.497. The zero-order valence-corrected chi connectivity index (χ0v) is 12.4. The van der Waals surface area contributed by atoms with Crippen molar-refractivity contribution < 1.29 is 23.8 Å². The van der Waals surface area contributed by atoms with Gasteiger partial charge in [0.25, 0.3) is 0 Å². The first-order chi connectivity index (χ1) is 10.7. The standard InChI is InChI=1S/C15H18N2O5/c1-20-15(19)9-14(18)17-6-4-16(5-7-17)11-2-3-12-13(8-11)22-10-21-12/h2-3,8H,4-7,9-10H2,1H3. The molecule has 22 heavy (non-hydrogen) atoms. The van der Waals surface area contributed by atoms with Crippen LogP contribution in [0.25, 0.3) is 0 Å². The van der Waals surface area contributed by atoms with Crippen molar-refractivity contribution >= 4 is 17.6 Å². The summed E-state index contributed by atoms with van der Waals surface area (Å²) >= 11 is 0. The lowest BCUT2D eigenvalue weighted by molar-refractivity contribution is -0.146. The third kappa shape index (κ3) is 2.93. The summed E-state index contributed by atoms with van der Waals surface area (Å²) in [7, 11) is 1.28. The van der Waals surface area contributed by atoms with Crippen molar-refractivity contribution in [3.05, 3.63) is 18.2 Å². The van der Waals surface area contributed by atoms with Crippen molar-refractivity contribution in [2.45, 2.75) is 6.42 Å². The summed E-state index contributed by atoms with van der Waals surface area (Å²) in [5.41, 5.74) is 1.05. The molecule has 2 aliphatic heterocycles. The van der Waals surface area contributed by atoms with Crippen molar-refractivity contribution in [1.29, 1.82) is 0 Å². The fourth-order valence-electron chi connectivity index (χ4n) is 2.60. The Morgan fingerprint density at radius 3 is 2.59 bits per heavy atom. The summed E-state index contributed by atoms with van der Waals surface area (Å²) in [5, 5.41) is 0. The van der Waals surface area contributed by atoms with E-state index in [1.807, 2.05) is 18.2 Å². The van der Waals surface area contributed by atoms with Gasteiger partial charge in [-0.3, -0.25) is 9.59 Å². The second-order valence-corrected chi connectivity index (χ2v) is 5.16. The number of hydrogen-bond donors (Lipinski definition) is 0. The lowest BCUT2D eigenvalue weighted by Crippen LogP contribution is -2.49. The summed E-state index contributed by atoms with van der Waals surface area (Å²) in [6, 6.07) is 5.83. The number of esters is 1. The molecular weight excluding hydrogens is 288 g/mol. The maximum atomic E-state index is 11.9. The van der Waals surface area contributed by atoms with Crippen molar-refractivity contribution in [2.24, 2.45) is 0 Å². The van der Waals surface area contributed by atoms with Gasteiger partial charge in [0, 0.05) is 37.9 Å². The van der Waals surface area contributed by atoms with Crippen LogP contribution in [0.3, 0.4) is 0 Å². The predicted molar refractivity (Wildman–Crippen MR) is 78.0 cm³/mol. The van der Waals surface area contributed by atoms with Crippen LogP contribution in [0.1, 0.15) is 6.42 Å². The number of methoxy groups -OCH3 is 1. The zero-order chi connectivity index (χ0) is 15.5. The minimum Gasteiger partial charge on any atom is -0.469 e. The molecule has 1 amide bonds. The molecule has 0 radical (unpaired) electrons. The Hall–Kier alpha value is -2.44. The SMILES string of the molecule is COC(=O)CC(=O)N1CCN(c2ccc3c(c2)OCO3)CC1. The monoisotopic (exact) mass is 306 g/mol. The molecule has 1 aromatic carbocycles. The number of anilines is 1. The smallest absolute Gasteiger partial charge is 0.315 e. The second-order valence-electron chi connectivity index (χ2n) is 5.16. The van der Waals surface area contributed by atoms with E-state index in [0.29, 0.717) is 26.2 Å². The largest absolute Gasteiger partial charge is 0.469 e. The van der Waals surface area contributed by atoms with Crippen LogP contribution < -0.4 is 14.4 Å². The summed E-state index contributed by atoms with van der Waals surface area (Å²) in [6.45, 7) is 2.86. The van der Waals surface area contributed by atoms with Crippen LogP contribution in [-0.4, -0.2) is 56.9 Å². The maximum Gasteiger partial charge on any atom is 0.315 e. The molecule has 0 unspecified atom stereocenters. The van der Waals surface area contributed by atoms with Gasteiger partial charge < -0.3 is 24.0 Å². The van der Waals surface area contributed by atoms with Crippen LogP contribution in [0.5, 0.6) is 11.5 Å². The van der Waals surface area contributed by atoms with E-state index >= 15 is 0 Å². The first-order valence-corrected chi connectivity index (χ1v) is 7.16. The Morgan fingerprint density at radius 2 is 1.86 bits per heavy atom. The lowest BCUT2D eigenvalue weighted by atomic mass is 10.2. The quantitative estimate of drug-likeness (QED) is 0.602. The number of hydrogen-bond acceptors (Lipinski definition) is 6. The van der Waals surface area contributed by atoms with Gasteiger partial charge in [0.1, 0.15) is 6.42 Å². The Morgan fingerprint density at radius 1 is 1.14 bits per heavy atom. The van der Waals surface area contributed by atoms with Gasteiger partial charge in [-0.1, -0.05) is 0 Å². The van der Waals surface area contributed by atoms with Crippen LogP contribution in [0.2, 0.25) is 0 Å². The number of fused-ring (bicyclic) bond motifs is 1. The molecule has 2 aliphatic rings. The average molecular weight is 306 g/mol. The van der Waals surface area contributed by atoms with Crippen LogP contribution in [0.4, 0.5) is 5.69 Å². The van der Waals surface area contributed by atoms with Crippen LogP contribution in [0, 0.1) is 0 Å². The third-order valence-corrected chi connectivity index (χ3v) is 3.88. The molecule has 1 saturated heterocycles. The number of amides is 1. The summed E-state index contributed by atoms with van der Waals surface area (Å²) < 4.78 is 15.2. The van der Waals surface area contributed by atoms with Gasteiger partial charge in [-0.2, -0.15) is 0 Å². The number of carbonyl (C=O) groups is 2. The van der Waals surface area contributed by atoms with E-state index in [1.165, 1.54) is 7.11 Å². The average Bonchev–Trinajstić information content (AvgIpc) is 3.02. The number of ether oxygens (including phenoxy) is 3. The highest BCUT2D eigenvalue weighted by molar-refractivity contribution is 5.94. The normalized spacial score (nSPS) is 16.6. The van der Waals surface area contributed by atoms with Crippen LogP contribution in [0.15, 0.2) is 18.2 Å². The molecule has 1 aromatic rings. The molecule has 118 valence electrons. The highest BCUT2D eigenvalue weighted by Gasteiger charge is 2.24. The lowest BCUT2D eigenvalue weighted by Gasteiger charge is -2.36. The number of nitrogens with zero attached hydrogens (tertiary/aromatic N) is 2. The number of piperazine rings is 1. The Balaban J connectivity index is 1.57. The predicted octanol–water partition coefficient (Wildman–Crippen LogP) is 0.627. The van der Waals surface area contributed by atoms with Crippen molar-refractivity contribution in [3.63, 3.8) is 0 Å². The molecule has 1 fully saturated rings. The fourth-order valence-corrected chi connectivity index (χ4v) is 2.60. The number of carbonyl (C=O) groups excluding carboxylic acids is 2. The van der Waals surface area contributed by atoms with Gasteiger partial charge in [0.15, 0.2) is 11.5 Å². The molecule has 0 aliphatic carbocycles. The second kappa shape index (κ2) is 6.13. The molecular formula is C15H18N2O5. The minimum absolute atomic E-state index is 0.183. The van der Waals surface area contributed by atoms with E-state index in [2.05, 4.69) is 9.64 Å². The van der Waals surface area contributed by atoms with E-state index < -0.39 is 5.97 Å². The zero-order valence-electron chi connectivity index (χ0n) is 12.4. The van der Waals surface area contributed by atoms with E-state index in [4.69, 9.17) is 9.47 Å². The molecule has 0 N–H and O–H groups in total. The van der Waals surface area contributed by atoms with Crippen molar-refractivity contribution in [1.82, 2.24) is 4.90 Å². The van der Waals surface area contributed by atoms with E-state index in [9.17, 15) is 9.59 Å². The number of rotatable bonds is 3. The Labute approximate surface area is 128 Å². The summed E-state index contributed by atoms with van der Waals surface area (Å²) in [4.78, 5) is 27.0. The van der Waals surface area contributed by atoms with E-state index in [-0.39, 0.29) is 19.1 Å². The molecule has 0 atom stereocenters.